The van der Waals surface area contributed by atoms with Crippen LogP contribution in [-0.4, -0.2) is 23.4 Å². The first-order chi connectivity index (χ1) is 8.77. The van der Waals surface area contributed by atoms with Gasteiger partial charge in [-0.05, 0) is 28.7 Å². The third-order valence-corrected chi connectivity index (χ3v) is 3.42. The van der Waals surface area contributed by atoms with E-state index in [4.69, 9.17) is 0 Å². The Morgan fingerprint density at radius 3 is 1.60 bits per heavy atom. The molecule has 0 spiro atoms. The van der Waals surface area contributed by atoms with Gasteiger partial charge in [-0.25, -0.2) is 0 Å². The molecule has 0 saturated carbocycles. The zero-order valence-corrected chi connectivity index (χ0v) is 11.3. The first kappa shape index (κ1) is 17.4. The molecule has 1 rings (SSSR count). The van der Waals surface area contributed by atoms with Crippen molar-refractivity contribution in [2.45, 2.75) is 23.9 Å². The van der Waals surface area contributed by atoms with Gasteiger partial charge in [-0.15, -0.1) is 0 Å². The number of hydrogen-bond donors (Lipinski definition) is 1. The Kier molecular flexibility index (Phi) is 4.32. The van der Waals surface area contributed by atoms with E-state index in [1.165, 1.54) is 0 Å². The fraction of sp³-hybridized carbons (Fsp3) is 0.400. The number of benzene rings is 1. The van der Waals surface area contributed by atoms with Gasteiger partial charge in [0, 0.05) is 9.13 Å². The van der Waals surface area contributed by atoms with Crippen molar-refractivity contribution in [3.05, 3.63) is 33.4 Å². The number of rotatable bonds is 2. The molecule has 0 radical (unpaired) electrons. The van der Waals surface area contributed by atoms with Crippen LogP contribution in [-0.2, 0) is 5.60 Å². The van der Waals surface area contributed by atoms with Crippen LogP contribution in [0.2, 0.25) is 0 Å². The summed E-state index contributed by atoms with van der Waals surface area (Å²) in [6.07, 6.45) is -12.8. The number of alkyl halides is 8. The standard InChI is InChI=1S/C10H5F8IO/c11-8(12,10(16,17)18)7(20,9(13,14)15)5-3-1-2-4-6(5)19/h1-4,20H. The first-order valence-electron chi connectivity index (χ1n) is 4.75. The Bertz CT molecular complexity index is 495. The molecule has 0 saturated heterocycles. The molecule has 0 aliphatic carbocycles. The predicted molar refractivity (Wildman–Crippen MR) is 60.1 cm³/mol. The van der Waals surface area contributed by atoms with Crippen LogP contribution in [0.5, 0.6) is 0 Å². The van der Waals surface area contributed by atoms with Crippen LogP contribution < -0.4 is 0 Å². The third-order valence-electron chi connectivity index (χ3n) is 2.48. The van der Waals surface area contributed by atoms with Crippen molar-refractivity contribution in [2.75, 3.05) is 0 Å². The Labute approximate surface area is 120 Å². The van der Waals surface area contributed by atoms with Crippen LogP contribution in [0.3, 0.4) is 0 Å². The summed E-state index contributed by atoms with van der Waals surface area (Å²) < 4.78 is 101. The van der Waals surface area contributed by atoms with Gasteiger partial charge in [0.25, 0.3) is 5.60 Å². The predicted octanol–water partition coefficient (Wildman–Crippen LogP) is 4.24. The summed E-state index contributed by atoms with van der Waals surface area (Å²) in [4.78, 5) is 0. The summed E-state index contributed by atoms with van der Waals surface area (Å²) in [5.41, 5.74) is -6.92. The molecule has 0 aromatic heterocycles. The molecule has 0 bridgehead atoms. The topological polar surface area (TPSA) is 20.2 Å². The summed E-state index contributed by atoms with van der Waals surface area (Å²) in [6, 6.07) is 3.20. The summed E-state index contributed by atoms with van der Waals surface area (Å²) in [7, 11) is 0. The van der Waals surface area contributed by atoms with Crippen molar-refractivity contribution in [1.29, 1.82) is 0 Å². The average molecular weight is 420 g/mol. The molecule has 0 aliphatic rings. The molecule has 114 valence electrons. The molecule has 1 N–H and O–H groups in total. The maximum absolute atomic E-state index is 13.2. The van der Waals surface area contributed by atoms with Gasteiger partial charge in [-0.1, -0.05) is 18.2 Å². The lowest BCUT2D eigenvalue weighted by Crippen LogP contribution is -2.62. The summed E-state index contributed by atoms with van der Waals surface area (Å²) in [5, 5.41) is 9.26. The zero-order valence-electron chi connectivity index (χ0n) is 9.16. The molecule has 1 aromatic carbocycles. The maximum atomic E-state index is 13.2. The Hall–Kier alpha value is -0.650. The van der Waals surface area contributed by atoms with Gasteiger partial charge < -0.3 is 5.11 Å². The van der Waals surface area contributed by atoms with Gasteiger partial charge in [0.2, 0.25) is 0 Å². The lowest BCUT2D eigenvalue weighted by atomic mass is 9.86. The van der Waals surface area contributed by atoms with E-state index in [0.29, 0.717) is 6.07 Å². The number of hydrogen-bond acceptors (Lipinski definition) is 1. The zero-order chi connectivity index (χ0) is 16.0. The SMILES string of the molecule is OC(c1ccccc1I)(C(F)(F)F)C(F)(F)C(F)(F)F. The molecule has 0 amide bonds. The second kappa shape index (κ2) is 4.97. The number of aliphatic hydroxyl groups is 1. The molecule has 20 heavy (non-hydrogen) atoms. The van der Waals surface area contributed by atoms with E-state index in [0.717, 1.165) is 40.8 Å². The molecule has 0 heterocycles. The second-order valence-electron chi connectivity index (χ2n) is 3.76. The van der Waals surface area contributed by atoms with Gasteiger partial charge in [0.15, 0.2) is 0 Å². The van der Waals surface area contributed by atoms with Crippen molar-refractivity contribution >= 4 is 22.6 Å². The van der Waals surface area contributed by atoms with Gasteiger partial charge in [0.05, 0.1) is 0 Å². The van der Waals surface area contributed by atoms with Gasteiger partial charge in [-0.3, -0.25) is 0 Å². The largest absolute Gasteiger partial charge is 0.457 e. The third kappa shape index (κ3) is 2.47. The molecular weight excluding hydrogens is 415 g/mol. The van der Waals surface area contributed by atoms with Crippen molar-refractivity contribution in [3.8, 4) is 0 Å². The maximum Gasteiger partial charge on any atom is 0.457 e. The normalized spacial score (nSPS) is 16.9. The molecule has 0 aliphatic heterocycles. The minimum Gasteiger partial charge on any atom is -0.371 e. The van der Waals surface area contributed by atoms with Crippen molar-refractivity contribution in [2.24, 2.45) is 0 Å². The van der Waals surface area contributed by atoms with Gasteiger partial charge in [0.1, 0.15) is 0 Å². The van der Waals surface area contributed by atoms with Crippen molar-refractivity contribution in [1.82, 2.24) is 0 Å². The Balaban J connectivity index is 3.69. The van der Waals surface area contributed by atoms with Crippen LogP contribution in [0.1, 0.15) is 5.56 Å². The fourth-order valence-electron chi connectivity index (χ4n) is 1.46. The lowest BCUT2D eigenvalue weighted by Gasteiger charge is -2.38. The second-order valence-corrected chi connectivity index (χ2v) is 4.92. The minimum atomic E-state index is -6.57. The van der Waals surface area contributed by atoms with E-state index in [-0.39, 0.29) is 0 Å². The highest BCUT2D eigenvalue weighted by Crippen LogP contribution is 2.56. The van der Waals surface area contributed by atoms with Crippen LogP contribution >= 0.6 is 22.6 Å². The van der Waals surface area contributed by atoms with Crippen LogP contribution in [0, 0.1) is 3.57 Å². The summed E-state index contributed by atoms with van der Waals surface area (Å²) in [6.45, 7) is 0. The molecule has 1 unspecified atom stereocenters. The summed E-state index contributed by atoms with van der Waals surface area (Å²) in [5.74, 6) is -6.40. The molecule has 1 atom stereocenters. The van der Waals surface area contributed by atoms with Crippen LogP contribution in [0.25, 0.3) is 0 Å². The Morgan fingerprint density at radius 2 is 1.25 bits per heavy atom. The van der Waals surface area contributed by atoms with E-state index in [1.807, 2.05) is 0 Å². The monoisotopic (exact) mass is 420 g/mol. The summed E-state index contributed by atoms with van der Waals surface area (Å²) >= 11 is 1.13. The molecule has 1 nitrogen and oxygen atoms in total. The van der Waals surface area contributed by atoms with Gasteiger partial charge in [-0.2, -0.15) is 35.1 Å². The number of halogens is 9. The average Bonchev–Trinajstić information content (AvgIpc) is 2.25. The minimum absolute atomic E-state index is 0.370. The quantitative estimate of drug-likeness (QED) is 0.561. The van der Waals surface area contributed by atoms with Gasteiger partial charge >= 0.3 is 18.3 Å². The lowest BCUT2D eigenvalue weighted by molar-refractivity contribution is -0.409. The van der Waals surface area contributed by atoms with E-state index in [1.54, 1.807) is 0 Å². The van der Waals surface area contributed by atoms with E-state index in [2.05, 4.69) is 0 Å². The first-order valence-corrected chi connectivity index (χ1v) is 5.83. The molecule has 10 heteroatoms. The van der Waals surface area contributed by atoms with Crippen molar-refractivity contribution < 1.29 is 40.2 Å². The fourth-order valence-corrected chi connectivity index (χ4v) is 2.24. The smallest absolute Gasteiger partial charge is 0.371 e. The van der Waals surface area contributed by atoms with E-state index < -0.39 is 33.0 Å². The molecule has 1 aromatic rings. The van der Waals surface area contributed by atoms with Crippen molar-refractivity contribution in [3.63, 3.8) is 0 Å². The Morgan fingerprint density at radius 1 is 0.800 bits per heavy atom. The van der Waals surface area contributed by atoms with Crippen LogP contribution in [0.4, 0.5) is 35.1 Å². The molecule has 0 fully saturated rings. The highest BCUT2D eigenvalue weighted by Gasteiger charge is 2.80. The van der Waals surface area contributed by atoms with Crippen LogP contribution in [0.15, 0.2) is 24.3 Å². The van der Waals surface area contributed by atoms with E-state index >= 15 is 0 Å². The highest BCUT2D eigenvalue weighted by molar-refractivity contribution is 14.1. The highest BCUT2D eigenvalue weighted by atomic mass is 127. The van der Waals surface area contributed by atoms with E-state index in [9.17, 15) is 40.2 Å². The molecular formula is C10H5F8IO.